The van der Waals surface area contributed by atoms with E-state index in [4.69, 9.17) is 45.3 Å². The summed E-state index contributed by atoms with van der Waals surface area (Å²) in [5.74, 6) is 1.98. The van der Waals surface area contributed by atoms with Gasteiger partial charge in [-0.25, -0.2) is 32.7 Å². The Labute approximate surface area is 530 Å². The molecule has 9 aromatic rings. The molecule has 9 rings (SSSR count). The van der Waals surface area contributed by atoms with Gasteiger partial charge in [0, 0.05) is 72.3 Å². The molecular formula is C61H74BN15O15. The molecule has 92 heavy (non-hydrogen) atoms. The van der Waals surface area contributed by atoms with Crippen molar-refractivity contribution in [3.63, 3.8) is 0 Å². The molecule has 0 atom stereocenters. The van der Waals surface area contributed by atoms with Crippen molar-refractivity contribution < 1.29 is 62.9 Å². The number of nitrogens with zero attached hydrogens (tertiary/aromatic N) is 13. The molecule has 3 aromatic carbocycles. The number of pyridine rings is 3. The molecule has 486 valence electrons. The summed E-state index contributed by atoms with van der Waals surface area (Å²) in [5.41, 5.74) is 14.6. The third kappa shape index (κ3) is 20.1. The first kappa shape index (κ1) is 74.8. The van der Waals surface area contributed by atoms with Gasteiger partial charge in [-0.05, 0) is 154 Å². The average molecular weight is 1270 g/mol. The monoisotopic (exact) mass is 1270 g/mol. The van der Waals surface area contributed by atoms with E-state index in [0.29, 0.717) is 56.8 Å². The number of hydrogen-bond acceptors (Lipinski definition) is 23. The van der Waals surface area contributed by atoms with Crippen molar-refractivity contribution in [3.8, 4) is 45.3 Å². The van der Waals surface area contributed by atoms with Gasteiger partial charge in [0.25, 0.3) is 11.4 Å². The fourth-order valence-electron chi connectivity index (χ4n) is 7.78. The number of amides is 4. The Kier molecular flexibility index (Phi) is 25.8. The van der Waals surface area contributed by atoms with Crippen molar-refractivity contribution in [2.75, 3.05) is 28.4 Å². The molecule has 0 aliphatic carbocycles. The van der Waals surface area contributed by atoms with Crippen LogP contribution in [0.1, 0.15) is 97.9 Å². The standard InChI is InChI=1S/C22H25N5O6.C22H27N5O4.C12H9N5O2.C2HBO2.CH4O.2CH4/c1-21(2,3)32-19(28)26(20(29)33-22(4,5)6)18-17-16(8-7-13-25(17)24-23-18)14-9-11-15(12-10-14)27(30)31;1-21(2,3)30-19(28)27(20(29)31-22(4,5)6)18-17-16(8-7-13-26(17)25-24-18)14-9-11-15(23)12-10-14;13-12-11-10(2-1-7-16(11)15-14-12)8-3-5-9(6-4-8)17(18)19;4-2-1-3-5;1-2;;/h7-13H,1-6H3;7-13H,23H2,1-6H3;1-7H,13H2;4H;2H,1H3;2*1H4. The number of ether oxygens (including phenoxy) is 4. The number of anilines is 4. The van der Waals surface area contributed by atoms with Crippen LogP contribution in [0.25, 0.3) is 49.9 Å². The number of imide groups is 2. The second-order valence-electron chi connectivity index (χ2n) is 22.6. The zero-order valence-corrected chi connectivity index (χ0v) is 51.4. The second kappa shape index (κ2) is 31.7. The predicted molar refractivity (Wildman–Crippen MR) is 345 cm³/mol. The normalized spacial score (nSPS) is 10.7. The van der Waals surface area contributed by atoms with Crippen LogP contribution in [0.2, 0.25) is 0 Å². The Morgan fingerprint density at radius 1 is 0.500 bits per heavy atom. The molecule has 6 N–H and O–H groups in total. The van der Waals surface area contributed by atoms with Gasteiger partial charge in [-0.2, -0.15) is 9.80 Å². The third-order valence-corrected chi connectivity index (χ3v) is 11.2. The van der Waals surface area contributed by atoms with Crippen LogP contribution < -0.4 is 21.3 Å². The number of non-ortho nitro benzene ring substituents is 2. The number of nitro groups is 2. The molecule has 0 radical (unpaired) electrons. The first-order chi connectivity index (χ1) is 42.2. The number of aromatic nitrogens is 9. The van der Waals surface area contributed by atoms with E-state index in [2.05, 4.69) is 30.9 Å². The summed E-state index contributed by atoms with van der Waals surface area (Å²) in [7, 11) is 1.32. The van der Waals surface area contributed by atoms with E-state index in [0.717, 1.165) is 28.7 Å². The van der Waals surface area contributed by atoms with Crippen molar-refractivity contribution in [1.82, 2.24) is 44.5 Å². The zero-order valence-electron chi connectivity index (χ0n) is 51.4. The fourth-order valence-corrected chi connectivity index (χ4v) is 7.78. The van der Waals surface area contributed by atoms with Gasteiger partial charge in [0.2, 0.25) is 0 Å². The number of carbonyl (C=O) groups is 4. The summed E-state index contributed by atoms with van der Waals surface area (Å²) >= 11 is 0. The number of hydrogen-bond donors (Lipinski definition) is 4. The third-order valence-electron chi connectivity index (χ3n) is 11.2. The van der Waals surface area contributed by atoms with Crippen LogP contribution in [0.5, 0.6) is 0 Å². The first-order valence-corrected chi connectivity index (χ1v) is 26.9. The number of fused-ring (bicyclic) bond motifs is 3. The molecule has 0 aliphatic heterocycles. The summed E-state index contributed by atoms with van der Waals surface area (Å²) < 4.78 is 35.3. The van der Waals surface area contributed by atoms with E-state index < -0.39 is 56.6 Å². The maximum absolute atomic E-state index is 13.0. The molecule has 6 heterocycles. The summed E-state index contributed by atoms with van der Waals surface area (Å²) in [6.07, 6.45) is 2.66. The van der Waals surface area contributed by atoms with Crippen molar-refractivity contribution in [2.45, 2.75) is 120 Å². The Morgan fingerprint density at radius 2 is 0.783 bits per heavy atom. The van der Waals surface area contributed by atoms with E-state index in [1.54, 1.807) is 167 Å². The SMILES string of the molecule is C.C.CC(C)(C)OC(=O)N(C(=O)OC(C)(C)C)c1nnn2cccc(-c3ccc(N)cc3)c12.CC(C)(C)OC(=O)N(C(=O)OC(C)(C)C)c1nnn2cccc(-c3ccc([N+](=O)[O-])cc3)c12.CO.Nc1nnn2cccc(-c3ccc([N+](=O)[O-])cc3)c12.O=BC#CO. The minimum absolute atomic E-state index is 0. The number of aliphatic hydroxyl groups excluding tert-OH is 2. The number of nitro benzene ring substituents is 2. The molecule has 6 aromatic heterocycles. The molecule has 0 unspecified atom stereocenters. The molecule has 0 bridgehead atoms. The predicted octanol–water partition coefficient (Wildman–Crippen LogP) is 11.7. The Hall–Kier alpha value is -11.4. The van der Waals surface area contributed by atoms with E-state index in [9.17, 15) is 39.4 Å². The van der Waals surface area contributed by atoms with Gasteiger partial charge >= 0.3 is 53.3 Å². The van der Waals surface area contributed by atoms with Gasteiger partial charge in [-0.1, -0.05) is 60.8 Å². The maximum atomic E-state index is 13.0. The zero-order chi connectivity index (χ0) is 67.1. The molecule has 4 amide bonds. The molecule has 30 nitrogen and oxygen atoms in total. The van der Waals surface area contributed by atoms with Crippen LogP contribution in [0.3, 0.4) is 0 Å². The van der Waals surface area contributed by atoms with Crippen LogP contribution in [0.15, 0.2) is 128 Å². The second-order valence-corrected chi connectivity index (χ2v) is 22.6. The van der Waals surface area contributed by atoms with Gasteiger partial charge in [-0.3, -0.25) is 20.2 Å². The van der Waals surface area contributed by atoms with Gasteiger partial charge in [0.05, 0.1) is 9.85 Å². The number of nitrogen functional groups attached to an aromatic ring is 2. The molecule has 0 saturated carbocycles. The fraction of sp³-hybridized carbons (Fsp3) is 0.311. The Bertz CT molecular complexity index is 4040. The molecule has 0 fully saturated rings. The topological polar surface area (TPSA) is 398 Å². The van der Waals surface area contributed by atoms with Crippen molar-refractivity contribution >= 4 is 82.6 Å². The Morgan fingerprint density at radius 3 is 1.05 bits per heavy atom. The van der Waals surface area contributed by atoms with Gasteiger partial charge in [0.1, 0.15) is 39.0 Å². The van der Waals surface area contributed by atoms with Crippen LogP contribution in [-0.4, -0.2) is 126 Å². The number of carbonyl (C=O) groups excluding carboxylic acids is 4. The van der Waals surface area contributed by atoms with Gasteiger partial charge in [0.15, 0.2) is 17.5 Å². The van der Waals surface area contributed by atoms with Gasteiger partial charge in [-0.15, -0.1) is 15.3 Å². The van der Waals surface area contributed by atoms with Gasteiger partial charge < -0.3 is 35.5 Å². The summed E-state index contributed by atoms with van der Waals surface area (Å²) in [6, 6.07) is 30.1. The van der Waals surface area contributed by atoms with Crippen molar-refractivity contribution in [1.29, 1.82) is 0 Å². The number of rotatable bonds is 7. The minimum atomic E-state index is -0.974. The van der Waals surface area contributed by atoms with E-state index >= 15 is 0 Å². The van der Waals surface area contributed by atoms with Crippen LogP contribution in [0, 0.1) is 32.2 Å². The quantitative estimate of drug-likeness (QED) is 0.0287. The van der Waals surface area contributed by atoms with E-state index in [1.807, 2.05) is 30.3 Å². The first-order valence-electron chi connectivity index (χ1n) is 26.9. The molecule has 0 saturated heterocycles. The summed E-state index contributed by atoms with van der Waals surface area (Å²) in [4.78, 5) is 74.4. The summed E-state index contributed by atoms with van der Waals surface area (Å²) in [5, 5.41) is 60.1. The number of nitrogens with two attached hydrogens (primary N) is 2. The molecular weight excluding hydrogens is 1190 g/mol. The molecule has 31 heteroatoms. The Balaban J connectivity index is 0.000000348. The van der Waals surface area contributed by atoms with E-state index in [1.165, 1.54) is 39.4 Å². The van der Waals surface area contributed by atoms with Crippen molar-refractivity contribution in [2.24, 2.45) is 0 Å². The van der Waals surface area contributed by atoms with Crippen molar-refractivity contribution in [3.05, 3.63) is 148 Å². The summed E-state index contributed by atoms with van der Waals surface area (Å²) in [6.45, 7) is 20.3. The average Bonchev–Trinajstić information content (AvgIpc) is 1.58. The van der Waals surface area contributed by atoms with E-state index in [-0.39, 0.29) is 37.9 Å². The molecule has 0 spiro atoms. The van der Waals surface area contributed by atoms with Crippen LogP contribution >= 0.6 is 0 Å². The van der Waals surface area contributed by atoms with Crippen LogP contribution in [0.4, 0.5) is 53.7 Å². The number of aliphatic hydroxyl groups is 2. The molecule has 0 aliphatic rings. The number of benzene rings is 3. The van der Waals surface area contributed by atoms with Crippen LogP contribution in [-0.2, 0) is 23.7 Å².